The summed E-state index contributed by atoms with van der Waals surface area (Å²) in [6.45, 7) is 2.79. The number of ether oxygens (including phenoxy) is 3. The number of hydrogen-bond acceptors (Lipinski definition) is 7. The van der Waals surface area contributed by atoms with E-state index < -0.39 is 11.6 Å². The molecule has 0 radical (unpaired) electrons. The summed E-state index contributed by atoms with van der Waals surface area (Å²) < 4.78 is 16.6. The summed E-state index contributed by atoms with van der Waals surface area (Å²) in [6, 6.07) is 3.62. The fourth-order valence-corrected chi connectivity index (χ4v) is 4.90. The molecule has 1 saturated heterocycles. The molecule has 3 aliphatic heterocycles. The number of carbonyl (C=O) groups excluding carboxylic acids is 2. The summed E-state index contributed by atoms with van der Waals surface area (Å²) in [5.74, 6) is 0.378. The summed E-state index contributed by atoms with van der Waals surface area (Å²) in [5.41, 5.74) is 1.57. The molecule has 2 atom stereocenters. The maximum atomic E-state index is 12.4. The Kier molecular flexibility index (Phi) is 3.16. The van der Waals surface area contributed by atoms with Crippen molar-refractivity contribution in [1.82, 2.24) is 4.90 Å². The van der Waals surface area contributed by atoms with Crippen molar-refractivity contribution in [2.24, 2.45) is 0 Å². The highest BCUT2D eigenvalue weighted by molar-refractivity contribution is 6.09. The van der Waals surface area contributed by atoms with Gasteiger partial charge in [-0.3, -0.25) is 14.5 Å². The van der Waals surface area contributed by atoms with Gasteiger partial charge in [0.2, 0.25) is 6.79 Å². The Labute approximate surface area is 150 Å². The van der Waals surface area contributed by atoms with Gasteiger partial charge in [-0.2, -0.15) is 0 Å². The summed E-state index contributed by atoms with van der Waals surface area (Å²) >= 11 is 0. The maximum Gasteiger partial charge on any atom is 0.303 e. The van der Waals surface area contributed by atoms with E-state index in [0.717, 1.165) is 24.9 Å². The zero-order chi connectivity index (χ0) is 18.1. The lowest BCUT2D eigenvalue weighted by Crippen LogP contribution is -2.44. The van der Waals surface area contributed by atoms with Gasteiger partial charge in [-0.25, -0.2) is 0 Å². The number of nitrogens with zero attached hydrogens (tertiary/aromatic N) is 1. The molecular formula is C19H19NO6. The first-order valence-electron chi connectivity index (χ1n) is 8.83. The number of benzene rings is 1. The highest BCUT2D eigenvalue weighted by atomic mass is 16.7. The van der Waals surface area contributed by atoms with E-state index in [2.05, 4.69) is 4.90 Å². The van der Waals surface area contributed by atoms with Crippen LogP contribution in [0, 0.1) is 0 Å². The molecule has 3 heterocycles. The van der Waals surface area contributed by atoms with E-state index >= 15 is 0 Å². The molecule has 1 spiro atoms. The molecule has 136 valence electrons. The van der Waals surface area contributed by atoms with Crippen molar-refractivity contribution in [3.8, 4) is 11.5 Å². The van der Waals surface area contributed by atoms with E-state index in [9.17, 15) is 14.7 Å². The van der Waals surface area contributed by atoms with Crippen LogP contribution in [0.4, 0.5) is 0 Å². The zero-order valence-corrected chi connectivity index (χ0v) is 14.4. The monoisotopic (exact) mass is 357 g/mol. The van der Waals surface area contributed by atoms with Gasteiger partial charge in [0.1, 0.15) is 6.10 Å². The van der Waals surface area contributed by atoms with Gasteiger partial charge in [-0.15, -0.1) is 0 Å². The van der Waals surface area contributed by atoms with Crippen molar-refractivity contribution in [3.05, 3.63) is 29.0 Å². The van der Waals surface area contributed by atoms with E-state index in [1.807, 2.05) is 12.1 Å². The molecule has 0 unspecified atom stereocenters. The number of hydrogen-bond donors (Lipinski definition) is 1. The first kappa shape index (κ1) is 15.7. The molecular weight excluding hydrogens is 338 g/mol. The predicted octanol–water partition coefficient (Wildman–Crippen LogP) is 2.11. The third-order valence-electron chi connectivity index (χ3n) is 5.90. The predicted molar refractivity (Wildman–Crippen MR) is 89.8 cm³/mol. The fourth-order valence-electron chi connectivity index (χ4n) is 4.90. The molecule has 1 aliphatic carbocycles. The summed E-state index contributed by atoms with van der Waals surface area (Å²) in [4.78, 5) is 26.3. The minimum absolute atomic E-state index is 0.123. The van der Waals surface area contributed by atoms with Crippen LogP contribution in [0.3, 0.4) is 0 Å². The van der Waals surface area contributed by atoms with E-state index in [-0.39, 0.29) is 30.7 Å². The Hall–Kier alpha value is -2.54. The van der Waals surface area contributed by atoms with Gasteiger partial charge in [-0.1, -0.05) is 0 Å². The number of Topliss-reactive ketones (excluding diaryl/α,β-unsaturated/α-hetero) is 1. The molecule has 1 aromatic carbocycles. The standard InChI is InChI=1S/C19H19NO6/c1-10(21)26-16-8-20-4-2-3-19(20)7-13(22)18(23)17(19)12-6-15-14(5-11(12)16)24-9-25-15/h5-6,16,23H,2-4,7-9H2,1H3/t16-,19-/m0/s1. The highest BCUT2D eigenvalue weighted by Gasteiger charge is 2.55. The Morgan fingerprint density at radius 1 is 1.35 bits per heavy atom. The Bertz CT molecular complexity index is 875. The number of carbonyl (C=O) groups is 2. The van der Waals surface area contributed by atoms with Gasteiger partial charge in [-0.05, 0) is 37.1 Å². The van der Waals surface area contributed by atoms with E-state index in [1.165, 1.54) is 6.92 Å². The quantitative estimate of drug-likeness (QED) is 0.771. The van der Waals surface area contributed by atoms with Crippen molar-refractivity contribution < 1.29 is 28.9 Å². The zero-order valence-electron chi connectivity index (χ0n) is 14.4. The van der Waals surface area contributed by atoms with Crippen LogP contribution in [-0.4, -0.2) is 47.2 Å². The topological polar surface area (TPSA) is 85.3 Å². The summed E-state index contributed by atoms with van der Waals surface area (Å²) in [6.07, 6.45) is 1.48. The molecule has 7 nitrogen and oxygen atoms in total. The number of fused-ring (bicyclic) bond motifs is 3. The van der Waals surface area contributed by atoms with Gasteiger partial charge in [0.15, 0.2) is 23.0 Å². The fraction of sp³-hybridized carbons (Fsp3) is 0.474. The van der Waals surface area contributed by atoms with Crippen molar-refractivity contribution in [2.45, 2.75) is 37.8 Å². The molecule has 0 aromatic heterocycles. The van der Waals surface area contributed by atoms with Gasteiger partial charge < -0.3 is 19.3 Å². The molecule has 0 saturated carbocycles. The van der Waals surface area contributed by atoms with Crippen LogP contribution in [0.15, 0.2) is 17.9 Å². The molecule has 1 fully saturated rings. The average molecular weight is 357 g/mol. The smallest absolute Gasteiger partial charge is 0.303 e. The first-order chi connectivity index (χ1) is 12.5. The largest absolute Gasteiger partial charge is 0.504 e. The van der Waals surface area contributed by atoms with Crippen LogP contribution >= 0.6 is 0 Å². The van der Waals surface area contributed by atoms with Crippen molar-refractivity contribution in [2.75, 3.05) is 19.9 Å². The maximum absolute atomic E-state index is 12.4. The molecule has 1 aromatic rings. The number of aliphatic hydroxyl groups is 1. The minimum Gasteiger partial charge on any atom is -0.504 e. The van der Waals surface area contributed by atoms with E-state index in [1.54, 1.807) is 0 Å². The molecule has 0 bridgehead atoms. The lowest BCUT2D eigenvalue weighted by Gasteiger charge is -2.35. The normalized spacial score (nSPS) is 29.3. The van der Waals surface area contributed by atoms with Crippen LogP contribution in [0.2, 0.25) is 0 Å². The lowest BCUT2D eigenvalue weighted by atomic mass is 9.83. The molecule has 7 heteroatoms. The van der Waals surface area contributed by atoms with Crippen molar-refractivity contribution in [1.29, 1.82) is 0 Å². The third-order valence-corrected chi connectivity index (χ3v) is 5.90. The Morgan fingerprint density at radius 2 is 2.12 bits per heavy atom. The van der Waals surface area contributed by atoms with E-state index in [4.69, 9.17) is 14.2 Å². The van der Waals surface area contributed by atoms with Crippen LogP contribution < -0.4 is 9.47 Å². The molecule has 26 heavy (non-hydrogen) atoms. The highest BCUT2D eigenvalue weighted by Crippen LogP contribution is 2.55. The molecule has 0 amide bonds. The number of rotatable bonds is 1. The average Bonchev–Trinajstić information content (AvgIpc) is 3.24. The lowest BCUT2D eigenvalue weighted by molar-refractivity contribution is -0.148. The van der Waals surface area contributed by atoms with Crippen LogP contribution in [0.1, 0.15) is 43.4 Å². The van der Waals surface area contributed by atoms with Gasteiger partial charge in [0, 0.05) is 31.0 Å². The molecule has 4 aliphatic rings. The molecule has 5 rings (SSSR count). The van der Waals surface area contributed by atoms with Gasteiger partial charge in [0.05, 0.1) is 5.54 Å². The van der Waals surface area contributed by atoms with Crippen molar-refractivity contribution >= 4 is 17.3 Å². The second kappa shape index (κ2) is 5.23. The first-order valence-corrected chi connectivity index (χ1v) is 8.83. The Balaban J connectivity index is 1.78. The minimum atomic E-state index is -0.529. The van der Waals surface area contributed by atoms with E-state index in [0.29, 0.717) is 29.2 Å². The molecule has 1 N–H and O–H groups in total. The SMILES string of the molecule is CC(=O)O[C@H]1CN2CCC[C@@]23CC(=O)C(O)=C3c2cc3c(cc21)OCO3. The summed E-state index contributed by atoms with van der Waals surface area (Å²) in [7, 11) is 0. The van der Waals surface area contributed by atoms with Crippen LogP contribution in [0.5, 0.6) is 11.5 Å². The van der Waals surface area contributed by atoms with Crippen LogP contribution in [0.25, 0.3) is 5.57 Å². The second-order valence-corrected chi connectivity index (χ2v) is 7.30. The van der Waals surface area contributed by atoms with Gasteiger partial charge in [0.25, 0.3) is 0 Å². The van der Waals surface area contributed by atoms with Gasteiger partial charge >= 0.3 is 5.97 Å². The number of ketones is 1. The van der Waals surface area contributed by atoms with Crippen molar-refractivity contribution in [3.63, 3.8) is 0 Å². The Morgan fingerprint density at radius 3 is 2.88 bits per heavy atom. The van der Waals surface area contributed by atoms with Crippen LogP contribution in [-0.2, 0) is 14.3 Å². The second-order valence-electron chi connectivity index (χ2n) is 7.30. The summed E-state index contributed by atoms with van der Waals surface area (Å²) in [5, 5.41) is 10.6. The number of esters is 1. The number of allylic oxidation sites excluding steroid dienone is 1. The number of aliphatic hydroxyl groups excluding tert-OH is 1. The third kappa shape index (κ3) is 1.97.